The number of benzene rings is 2. The van der Waals surface area contributed by atoms with E-state index in [0.717, 1.165) is 12.1 Å². The summed E-state index contributed by atoms with van der Waals surface area (Å²) < 4.78 is 64.8. The van der Waals surface area contributed by atoms with E-state index in [0.29, 0.717) is 16.7 Å². The van der Waals surface area contributed by atoms with Crippen molar-refractivity contribution < 1.29 is 26.9 Å². The molecule has 28 heavy (non-hydrogen) atoms. The zero-order valence-corrected chi connectivity index (χ0v) is 16.1. The summed E-state index contributed by atoms with van der Waals surface area (Å²) in [6, 6.07) is 10.6. The summed E-state index contributed by atoms with van der Waals surface area (Å²) in [5, 5.41) is 0. The van der Waals surface area contributed by atoms with Crippen LogP contribution in [0.4, 0.5) is 17.6 Å². The molecule has 3 rings (SSSR count). The summed E-state index contributed by atoms with van der Waals surface area (Å²) >= 11 is 0. The van der Waals surface area contributed by atoms with Gasteiger partial charge in [0.05, 0.1) is 16.8 Å². The zero-order chi connectivity index (χ0) is 20.7. The lowest BCUT2D eigenvalue weighted by atomic mass is 9.82. The quantitative estimate of drug-likeness (QED) is 0.478. The molecule has 0 saturated carbocycles. The number of halogens is 4. The van der Waals surface area contributed by atoms with Crippen molar-refractivity contribution in [1.29, 1.82) is 0 Å². The van der Waals surface area contributed by atoms with Gasteiger partial charge in [-0.3, -0.25) is 0 Å². The molecule has 0 radical (unpaired) electrons. The van der Waals surface area contributed by atoms with Crippen LogP contribution in [0.15, 0.2) is 54.5 Å². The smallest absolute Gasteiger partial charge is 0.400 e. The van der Waals surface area contributed by atoms with Gasteiger partial charge in [0.1, 0.15) is 5.82 Å². The topological polar surface area (TPSA) is 18.5 Å². The highest BCUT2D eigenvalue weighted by molar-refractivity contribution is 6.53. The molecule has 0 unspecified atom stereocenters. The predicted molar refractivity (Wildman–Crippen MR) is 101 cm³/mol. The molecule has 1 fully saturated rings. The lowest BCUT2D eigenvalue weighted by Gasteiger charge is -2.32. The Morgan fingerprint density at radius 3 is 2.00 bits per heavy atom. The first-order chi connectivity index (χ1) is 12.9. The molecule has 1 aliphatic heterocycles. The van der Waals surface area contributed by atoms with Gasteiger partial charge in [-0.25, -0.2) is 4.39 Å². The van der Waals surface area contributed by atoms with Crippen LogP contribution in [0.1, 0.15) is 44.4 Å². The normalized spacial score (nSPS) is 19.1. The second-order valence-electron chi connectivity index (χ2n) is 7.79. The second kappa shape index (κ2) is 7.05. The average Bonchev–Trinajstić information content (AvgIpc) is 2.80. The first-order valence-corrected chi connectivity index (χ1v) is 8.90. The lowest BCUT2D eigenvalue weighted by molar-refractivity contribution is -0.137. The minimum Gasteiger partial charge on any atom is -0.400 e. The Morgan fingerprint density at radius 2 is 1.46 bits per heavy atom. The summed E-state index contributed by atoms with van der Waals surface area (Å²) in [7, 11) is -0.750. The van der Waals surface area contributed by atoms with Crippen LogP contribution in [0.2, 0.25) is 0 Å². The van der Waals surface area contributed by atoms with Crippen LogP contribution >= 0.6 is 0 Å². The van der Waals surface area contributed by atoms with Gasteiger partial charge in [-0.15, -0.1) is 0 Å². The molecule has 0 amide bonds. The number of hydrogen-bond acceptors (Lipinski definition) is 2. The molecule has 1 aliphatic rings. The fourth-order valence-corrected chi connectivity index (χ4v) is 2.94. The molecule has 2 aromatic rings. The molecule has 1 saturated heterocycles. The Balaban J connectivity index is 2.08. The van der Waals surface area contributed by atoms with E-state index in [4.69, 9.17) is 9.31 Å². The van der Waals surface area contributed by atoms with Gasteiger partial charge in [-0.1, -0.05) is 24.3 Å². The minimum atomic E-state index is -4.46. The van der Waals surface area contributed by atoms with E-state index in [9.17, 15) is 17.6 Å². The Labute approximate surface area is 162 Å². The van der Waals surface area contributed by atoms with E-state index < -0.39 is 35.9 Å². The van der Waals surface area contributed by atoms with Crippen molar-refractivity contribution in [2.75, 3.05) is 0 Å². The van der Waals surface area contributed by atoms with Crippen LogP contribution in [0.5, 0.6) is 0 Å². The number of rotatable bonds is 3. The fourth-order valence-electron chi connectivity index (χ4n) is 2.94. The maximum atomic E-state index is 13.4. The van der Waals surface area contributed by atoms with E-state index >= 15 is 0 Å². The Morgan fingerprint density at radius 1 is 0.893 bits per heavy atom. The van der Waals surface area contributed by atoms with Gasteiger partial charge in [-0.2, -0.15) is 13.2 Å². The van der Waals surface area contributed by atoms with Gasteiger partial charge < -0.3 is 9.31 Å². The van der Waals surface area contributed by atoms with Crippen molar-refractivity contribution in [2.24, 2.45) is 0 Å². The van der Waals surface area contributed by atoms with Gasteiger partial charge >= 0.3 is 13.3 Å². The average molecular weight is 392 g/mol. The van der Waals surface area contributed by atoms with E-state index in [2.05, 4.69) is 0 Å². The summed E-state index contributed by atoms with van der Waals surface area (Å²) in [5.74, 6) is 1.21. The maximum absolute atomic E-state index is 13.4. The lowest BCUT2D eigenvalue weighted by Crippen LogP contribution is -2.41. The summed E-state index contributed by atoms with van der Waals surface area (Å²) in [6.45, 7) is 7.57. The first kappa shape index (κ1) is 20.6. The Bertz CT molecular complexity index is 870. The van der Waals surface area contributed by atoms with E-state index in [1.54, 1.807) is 12.0 Å². The van der Waals surface area contributed by atoms with Crippen LogP contribution in [0.3, 0.4) is 0 Å². The van der Waals surface area contributed by atoms with Gasteiger partial charge in [0.25, 0.3) is 0 Å². The molecular weight excluding hydrogens is 371 g/mol. The third-order valence-electron chi connectivity index (χ3n) is 5.23. The molecule has 0 bridgehead atoms. The highest BCUT2D eigenvalue weighted by Gasteiger charge is 2.50. The molecule has 0 aromatic heterocycles. The highest BCUT2D eigenvalue weighted by atomic mass is 19.4. The zero-order valence-electron chi connectivity index (χ0n) is 16.1. The highest BCUT2D eigenvalue weighted by Crippen LogP contribution is 2.39. The van der Waals surface area contributed by atoms with E-state index in [1.807, 2.05) is 27.7 Å². The van der Waals surface area contributed by atoms with Crippen LogP contribution < -0.4 is 0 Å². The molecule has 0 N–H and O–H groups in total. The Kier molecular flexibility index (Phi) is 5.19. The van der Waals surface area contributed by atoms with E-state index in [-0.39, 0.29) is 0 Å². The first-order valence-electron chi connectivity index (χ1n) is 8.90. The Hall–Kier alpha value is -2.12. The molecule has 2 nitrogen and oxygen atoms in total. The summed E-state index contributed by atoms with van der Waals surface area (Å²) in [5.41, 5.74) is -0.547. The second-order valence-corrected chi connectivity index (χ2v) is 7.79. The van der Waals surface area contributed by atoms with Crippen molar-refractivity contribution in [1.82, 2.24) is 0 Å². The van der Waals surface area contributed by atoms with Gasteiger partial charge in [0.2, 0.25) is 0 Å². The van der Waals surface area contributed by atoms with Gasteiger partial charge in [0.15, 0.2) is 0 Å². The van der Waals surface area contributed by atoms with Gasteiger partial charge in [-0.05, 0) is 74.6 Å². The van der Waals surface area contributed by atoms with Crippen molar-refractivity contribution in [2.45, 2.75) is 45.1 Å². The molecule has 0 spiro atoms. The third kappa shape index (κ3) is 4.15. The van der Waals surface area contributed by atoms with Crippen molar-refractivity contribution in [3.05, 3.63) is 77.0 Å². The van der Waals surface area contributed by atoms with Crippen LogP contribution in [-0.2, 0) is 15.5 Å². The van der Waals surface area contributed by atoms with Crippen LogP contribution in [0.25, 0.3) is 5.57 Å². The predicted octanol–water partition coefficient (Wildman–Crippen LogP) is 5.91. The van der Waals surface area contributed by atoms with Crippen LogP contribution in [0, 0.1) is 5.82 Å². The minimum absolute atomic E-state index is 0.344. The molecule has 0 aliphatic carbocycles. The van der Waals surface area contributed by atoms with Crippen molar-refractivity contribution in [3.63, 3.8) is 0 Å². The molecule has 1 heterocycles. The summed E-state index contributed by atoms with van der Waals surface area (Å²) in [4.78, 5) is 0. The third-order valence-corrected chi connectivity index (χ3v) is 5.23. The molecule has 148 valence electrons. The molecule has 2 aromatic carbocycles. The standard InChI is InChI=1S/C21H21BF4O2/c1-19(2)20(3,4)28-22(27-19)13-18(14-8-10-17(23)11-9-14)15-6-5-7-16(12-15)21(24,25)26/h5-13H,1-4H3/b18-13-. The molecule has 0 atom stereocenters. The summed E-state index contributed by atoms with van der Waals surface area (Å²) in [6.07, 6.45) is -4.46. The molecular formula is C21H21BF4O2. The largest absolute Gasteiger partial charge is 0.487 e. The SMILES string of the molecule is CC1(C)OB(/C=C(/c2ccc(F)cc2)c2cccc(C(F)(F)F)c2)OC1(C)C. The van der Waals surface area contributed by atoms with Gasteiger partial charge in [0, 0.05) is 0 Å². The maximum Gasteiger partial charge on any atom is 0.487 e. The van der Waals surface area contributed by atoms with Crippen LogP contribution in [-0.4, -0.2) is 18.3 Å². The fraction of sp³-hybridized carbons (Fsp3) is 0.333. The number of alkyl halides is 3. The molecule has 7 heteroatoms. The monoisotopic (exact) mass is 392 g/mol. The van der Waals surface area contributed by atoms with Crippen molar-refractivity contribution >= 4 is 12.7 Å². The van der Waals surface area contributed by atoms with Crippen molar-refractivity contribution in [3.8, 4) is 0 Å². The number of hydrogen-bond donors (Lipinski definition) is 0. The van der Waals surface area contributed by atoms with E-state index in [1.165, 1.54) is 30.3 Å².